The number of benzene rings is 2. The molecule has 0 saturated heterocycles. The van der Waals surface area contributed by atoms with Crippen molar-refractivity contribution in [2.75, 3.05) is 5.34 Å². The summed E-state index contributed by atoms with van der Waals surface area (Å²) in [5.74, 6) is -0.860. The molecule has 0 bridgehead atoms. The minimum absolute atomic E-state index is 0.0197. The third-order valence-electron chi connectivity index (χ3n) is 4.09. The number of ketones is 1. The van der Waals surface area contributed by atoms with Crippen molar-refractivity contribution in [1.29, 1.82) is 0 Å². The van der Waals surface area contributed by atoms with Crippen LogP contribution in [0.5, 0.6) is 0 Å². The van der Waals surface area contributed by atoms with Crippen molar-refractivity contribution < 1.29 is 62.6 Å². The molecular weight excluding hydrogens is 583 g/mol. The van der Waals surface area contributed by atoms with Crippen LogP contribution in [0.25, 0.3) is 0 Å². The van der Waals surface area contributed by atoms with E-state index in [4.69, 9.17) is 28.3 Å². The number of hydrogen-bond acceptors (Lipinski definition) is 2. The highest BCUT2D eigenvalue weighted by atomic mass is 35.5. The highest BCUT2D eigenvalue weighted by Gasteiger charge is 2.38. The second-order valence-electron chi connectivity index (χ2n) is 6.97. The highest BCUT2D eigenvalue weighted by Crippen LogP contribution is 2.38. The lowest BCUT2D eigenvalue weighted by Crippen LogP contribution is -2.12. The molecule has 2 aromatic rings. The lowest BCUT2D eigenvalue weighted by molar-refractivity contribution is -0.144. The number of halogens is 14. The molecule has 0 saturated carbocycles. The Morgan fingerprint density at radius 3 is 1.11 bits per heavy atom. The summed E-state index contributed by atoms with van der Waals surface area (Å²) < 4.78 is 148. The molecule has 1 atom stereocenters. The fourth-order valence-electron chi connectivity index (χ4n) is 2.38. The first-order chi connectivity index (χ1) is 16.4. The van der Waals surface area contributed by atoms with E-state index in [1.54, 1.807) is 0 Å². The number of hydrogen-bond donors (Lipinski definition) is 1. The van der Waals surface area contributed by atoms with Gasteiger partial charge < -0.3 is 5.11 Å². The van der Waals surface area contributed by atoms with E-state index < -0.39 is 70.0 Å². The van der Waals surface area contributed by atoms with Crippen molar-refractivity contribution in [2.24, 2.45) is 0 Å². The van der Waals surface area contributed by atoms with Crippen molar-refractivity contribution in [2.45, 2.75) is 44.7 Å². The van der Waals surface area contributed by atoms with Gasteiger partial charge in [-0.1, -0.05) is 0 Å². The van der Waals surface area contributed by atoms with Crippen LogP contribution in [-0.4, -0.2) is 16.2 Å². The molecule has 210 valence electrons. The van der Waals surface area contributed by atoms with Crippen molar-refractivity contribution in [3.05, 3.63) is 69.8 Å². The maximum absolute atomic E-state index is 12.4. The van der Waals surface area contributed by atoms with Gasteiger partial charge in [-0.05, 0) is 55.8 Å². The molecule has 0 aliphatic heterocycles. The van der Waals surface area contributed by atoms with Crippen LogP contribution in [0, 0.1) is 0 Å². The molecule has 2 nitrogen and oxygen atoms in total. The molecule has 0 aliphatic rings. The van der Waals surface area contributed by atoms with Gasteiger partial charge in [0.05, 0.1) is 33.7 Å². The van der Waals surface area contributed by atoms with Crippen molar-refractivity contribution in [3.8, 4) is 0 Å². The van der Waals surface area contributed by atoms with Crippen LogP contribution in [0.4, 0.5) is 52.7 Å². The monoisotopic (exact) mass is 598 g/mol. The molecule has 0 spiro atoms. The Morgan fingerprint density at radius 2 is 0.919 bits per heavy atom. The summed E-state index contributed by atoms with van der Waals surface area (Å²) in [6.45, 7) is 1.99. The third kappa shape index (κ3) is 11.8. The predicted octanol–water partition coefficient (Wildman–Crippen LogP) is 9.13. The molecule has 0 heterocycles. The maximum Gasteiger partial charge on any atom is 0.416 e. The molecule has 2 aromatic carbocycles. The molecule has 0 amide bonds. The Balaban J connectivity index is 0.000000633. The zero-order valence-corrected chi connectivity index (χ0v) is 19.9. The maximum atomic E-state index is 12.4. The second kappa shape index (κ2) is 13.1. The van der Waals surface area contributed by atoms with Crippen molar-refractivity contribution in [1.82, 2.24) is 0 Å². The summed E-state index contributed by atoms with van der Waals surface area (Å²) in [4.78, 5) is 10.9. The Morgan fingerprint density at radius 1 is 0.676 bits per heavy atom. The number of aliphatic hydroxyl groups excluding tert-OH is 1. The Bertz CT molecular complexity index is 975. The number of aliphatic hydroxyl groups is 1. The van der Waals surface area contributed by atoms with Gasteiger partial charge in [0.1, 0.15) is 0 Å². The zero-order chi connectivity index (χ0) is 29.6. The zero-order valence-electron chi connectivity index (χ0n) is 18.4. The highest BCUT2D eigenvalue weighted by molar-refractivity contribution is 6.40. The lowest BCUT2D eigenvalue weighted by atomic mass is 10.0. The Labute approximate surface area is 211 Å². The fraction of sp³-hybridized carbons (Fsp3) is 0.381. The summed E-state index contributed by atoms with van der Waals surface area (Å²) in [5, 5.41) is 9.26. The normalized spacial score (nSPS) is 13.1. The summed E-state index contributed by atoms with van der Waals surface area (Å²) in [6.07, 6.45) is -21.0. The van der Waals surface area contributed by atoms with Crippen LogP contribution in [0.2, 0.25) is 0 Å². The van der Waals surface area contributed by atoms with Gasteiger partial charge in [0.15, 0.2) is 5.78 Å². The van der Waals surface area contributed by atoms with Crippen LogP contribution >= 0.6 is 23.2 Å². The summed E-state index contributed by atoms with van der Waals surface area (Å²) in [7, 11) is 0. The van der Waals surface area contributed by atoms with Crippen LogP contribution in [0.1, 0.15) is 58.1 Å². The van der Waals surface area contributed by atoms with E-state index in [2.05, 4.69) is 0 Å². The van der Waals surface area contributed by atoms with Gasteiger partial charge in [-0.2, -0.15) is 52.7 Å². The fourth-order valence-corrected chi connectivity index (χ4v) is 2.38. The average molecular weight is 599 g/mol. The third-order valence-corrected chi connectivity index (χ3v) is 4.09. The van der Waals surface area contributed by atoms with E-state index >= 15 is 0 Å². The topological polar surface area (TPSA) is 37.3 Å². The van der Waals surface area contributed by atoms with E-state index in [-0.39, 0.29) is 17.5 Å². The van der Waals surface area contributed by atoms with Crippen molar-refractivity contribution >= 4 is 29.0 Å². The first kappa shape index (κ1) is 34.8. The average Bonchev–Trinajstić information content (AvgIpc) is 2.71. The van der Waals surface area contributed by atoms with Gasteiger partial charge in [-0.3, -0.25) is 4.79 Å². The van der Waals surface area contributed by atoms with E-state index in [0.717, 1.165) is 13.8 Å². The minimum atomic E-state index is -4.93. The number of Topliss-reactive ketones (excluding diaryl/α,β-unsaturated/α-hetero) is 1. The SMILES string of the molecule is CC(=O)c1cc(C(F)(F)F)cc(C(F)(F)F)c1.C[C@@H](O)c1cc(C(F)(F)F)cc(C(F)(F)F)c1.ClCCl. The van der Waals surface area contributed by atoms with E-state index in [1.807, 2.05) is 0 Å². The minimum Gasteiger partial charge on any atom is -0.389 e. The van der Waals surface area contributed by atoms with Gasteiger partial charge in [0.2, 0.25) is 0 Å². The van der Waals surface area contributed by atoms with Gasteiger partial charge in [-0.15, -0.1) is 23.2 Å². The molecule has 16 heteroatoms. The molecule has 37 heavy (non-hydrogen) atoms. The molecule has 2 rings (SSSR count). The van der Waals surface area contributed by atoms with Crippen LogP contribution in [-0.2, 0) is 24.7 Å². The number of alkyl halides is 14. The molecule has 0 fully saturated rings. The predicted molar refractivity (Wildman–Crippen MR) is 110 cm³/mol. The standard InChI is InChI=1S/C10H8F6O.C10H6F6O.CH2Cl2/c2*1-5(17)6-2-7(9(11,12)13)4-8(3-6)10(14,15)16;2-1-3/h2-5,17H,1H3;2-4H,1H3;1H2/t5-;;/m1../s1. The van der Waals surface area contributed by atoms with Crippen LogP contribution < -0.4 is 0 Å². The number of carbonyl (C=O) groups is 1. The smallest absolute Gasteiger partial charge is 0.389 e. The number of rotatable bonds is 2. The second-order valence-corrected chi connectivity index (χ2v) is 7.78. The van der Waals surface area contributed by atoms with E-state index in [9.17, 15) is 57.5 Å². The molecule has 0 aromatic heterocycles. The van der Waals surface area contributed by atoms with Gasteiger partial charge >= 0.3 is 24.7 Å². The van der Waals surface area contributed by atoms with Gasteiger partial charge in [0, 0.05) is 5.56 Å². The summed E-state index contributed by atoms with van der Waals surface area (Å²) in [6, 6.07) is 1.80. The van der Waals surface area contributed by atoms with Gasteiger partial charge in [0.25, 0.3) is 0 Å². The first-order valence-electron chi connectivity index (χ1n) is 9.34. The van der Waals surface area contributed by atoms with Crippen molar-refractivity contribution in [3.63, 3.8) is 0 Å². The Hall–Kier alpha value is -2.19. The molecule has 1 N–H and O–H groups in total. The van der Waals surface area contributed by atoms with Crippen LogP contribution in [0.3, 0.4) is 0 Å². The lowest BCUT2D eigenvalue weighted by Gasteiger charge is -2.15. The largest absolute Gasteiger partial charge is 0.416 e. The molecule has 0 unspecified atom stereocenters. The Kier molecular flexibility index (Phi) is 12.3. The van der Waals surface area contributed by atoms with Crippen LogP contribution in [0.15, 0.2) is 36.4 Å². The van der Waals surface area contributed by atoms with E-state index in [1.165, 1.54) is 0 Å². The van der Waals surface area contributed by atoms with E-state index in [0.29, 0.717) is 24.3 Å². The first-order valence-corrected chi connectivity index (χ1v) is 10.4. The molecular formula is C21H16Cl2F12O2. The number of carbonyl (C=O) groups excluding carboxylic acids is 1. The summed E-state index contributed by atoms with van der Waals surface area (Å²) in [5.41, 5.74) is -6.87. The summed E-state index contributed by atoms with van der Waals surface area (Å²) >= 11 is 9.53. The molecule has 0 radical (unpaired) electrons. The quantitative estimate of drug-likeness (QED) is 0.213. The molecule has 0 aliphatic carbocycles. The van der Waals surface area contributed by atoms with Gasteiger partial charge in [-0.25, -0.2) is 0 Å².